The summed E-state index contributed by atoms with van der Waals surface area (Å²) < 4.78 is 16.7. The zero-order valence-corrected chi connectivity index (χ0v) is 36.7. The molecule has 0 aromatic carbocycles. The summed E-state index contributed by atoms with van der Waals surface area (Å²) in [5.41, 5.74) is 0. The second-order valence-electron chi connectivity index (χ2n) is 16.0. The molecule has 0 spiro atoms. The van der Waals surface area contributed by atoms with Crippen molar-refractivity contribution in [2.45, 2.75) is 258 Å². The van der Waals surface area contributed by atoms with E-state index >= 15 is 0 Å². The predicted molar refractivity (Wildman–Crippen MR) is 233 cm³/mol. The van der Waals surface area contributed by atoms with Crippen LogP contribution in [0.1, 0.15) is 252 Å². The Morgan fingerprint density at radius 3 is 0.909 bits per heavy atom. The molecule has 6 heteroatoms. The van der Waals surface area contributed by atoms with Gasteiger partial charge in [0.25, 0.3) is 0 Å². The summed E-state index contributed by atoms with van der Waals surface area (Å²) in [5, 5.41) is 0. The number of carbonyl (C=O) groups is 3. The Hall–Kier alpha value is -2.11. The van der Waals surface area contributed by atoms with Gasteiger partial charge in [-0.3, -0.25) is 14.4 Å². The summed E-state index contributed by atoms with van der Waals surface area (Å²) in [4.78, 5) is 37.6. The molecule has 0 heterocycles. The van der Waals surface area contributed by atoms with Crippen LogP contribution in [0.25, 0.3) is 0 Å². The molecule has 0 rings (SSSR count). The van der Waals surface area contributed by atoms with Gasteiger partial charge in [0, 0.05) is 19.3 Å². The van der Waals surface area contributed by atoms with Crippen molar-refractivity contribution in [2.24, 2.45) is 0 Å². The van der Waals surface area contributed by atoms with E-state index in [4.69, 9.17) is 14.2 Å². The van der Waals surface area contributed by atoms with Crippen LogP contribution in [0.3, 0.4) is 0 Å². The van der Waals surface area contributed by atoms with E-state index in [0.717, 1.165) is 70.6 Å². The molecule has 0 radical (unpaired) electrons. The van der Waals surface area contributed by atoms with Crippen LogP contribution in [0.5, 0.6) is 0 Å². The second-order valence-corrected chi connectivity index (χ2v) is 16.0. The number of carbonyl (C=O) groups excluding carboxylic acids is 3. The van der Waals surface area contributed by atoms with Crippen LogP contribution in [0, 0.1) is 0 Å². The Morgan fingerprint density at radius 1 is 0.345 bits per heavy atom. The van der Waals surface area contributed by atoms with Crippen LogP contribution in [0.15, 0.2) is 24.3 Å². The minimum Gasteiger partial charge on any atom is -0.462 e. The zero-order valence-electron chi connectivity index (χ0n) is 36.7. The third-order valence-corrected chi connectivity index (χ3v) is 10.4. The van der Waals surface area contributed by atoms with Crippen LogP contribution in [0.2, 0.25) is 0 Å². The first-order chi connectivity index (χ1) is 27.0. The smallest absolute Gasteiger partial charge is 0.306 e. The fraction of sp³-hybridized carbons (Fsp3) is 0.857. The lowest BCUT2D eigenvalue weighted by atomic mass is 10.1. The Labute approximate surface area is 341 Å². The highest BCUT2D eigenvalue weighted by atomic mass is 16.6. The van der Waals surface area contributed by atoms with Crippen LogP contribution in [-0.2, 0) is 28.6 Å². The highest BCUT2D eigenvalue weighted by Gasteiger charge is 2.19. The van der Waals surface area contributed by atoms with Gasteiger partial charge in [-0.15, -0.1) is 0 Å². The maximum absolute atomic E-state index is 12.6. The van der Waals surface area contributed by atoms with E-state index in [1.54, 1.807) is 0 Å². The van der Waals surface area contributed by atoms with Crippen LogP contribution >= 0.6 is 0 Å². The Bertz CT molecular complexity index is 840. The van der Waals surface area contributed by atoms with E-state index < -0.39 is 6.10 Å². The van der Waals surface area contributed by atoms with Crippen molar-refractivity contribution in [3.05, 3.63) is 24.3 Å². The quantitative estimate of drug-likeness (QED) is 0.0266. The third-order valence-electron chi connectivity index (χ3n) is 10.4. The first kappa shape index (κ1) is 52.9. The standard InChI is InChI=1S/C49H90O6/c1-4-7-10-13-16-18-20-22-24-26-28-30-33-35-38-41-47(50)53-44-46(55-49(52)43-40-37-32-15-12-9-6-3)45-54-48(51)42-39-36-34-31-29-27-25-23-21-19-17-14-11-8-5-2/h22-25,46H,4-21,26-45H2,1-3H3. The van der Waals surface area contributed by atoms with Crippen LogP contribution in [-0.4, -0.2) is 37.2 Å². The van der Waals surface area contributed by atoms with Crippen molar-refractivity contribution in [1.29, 1.82) is 0 Å². The highest BCUT2D eigenvalue weighted by Crippen LogP contribution is 2.14. The number of ether oxygens (including phenoxy) is 3. The molecule has 0 aromatic rings. The summed E-state index contributed by atoms with van der Waals surface area (Å²) >= 11 is 0. The monoisotopic (exact) mass is 775 g/mol. The van der Waals surface area contributed by atoms with Crippen LogP contribution in [0.4, 0.5) is 0 Å². The summed E-state index contributed by atoms with van der Waals surface area (Å²) in [6, 6.07) is 0. The summed E-state index contributed by atoms with van der Waals surface area (Å²) in [6.45, 7) is 6.58. The molecule has 0 aliphatic heterocycles. The van der Waals surface area contributed by atoms with Gasteiger partial charge in [-0.1, -0.05) is 186 Å². The summed E-state index contributed by atoms with van der Waals surface area (Å²) in [7, 11) is 0. The molecule has 6 nitrogen and oxygen atoms in total. The van der Waals surface area contributed by atoms with E-state index in [0.29, 0.717) is 19.3 Å². The van der Waals surface area contributed by atoms with Crippen molar-refractivity contribution >= 4 is 17.9 Å². The Morgan fingerprint density at radius 2 is 0.600 bits per heavy atom. The van der Waals surface area contributed by atoms with Gasteiger partial charge in [-0.25, -0.2) is 0 Å². The van der Waals surface area contributed by atoms with Crippen molar-refractivity contribution in [3.8, 4) is 0 Å². The van der Waals surface area contributed by atoms with Gasteiger partial charge >= 0.3 is 17.9 Å². The molecule has 0 saturated heterocycles. The zero-order chi connectivity index (χ0) is 40.1. The average Bonchev–Trinajstić information content (AvgIpc) is 3.18. The molecule has 322 valence electrons. The molecule has 0 unspecified atom stereocenters. The molecule has 0 aliphatic rings. The number of hydrogen-bond donors (Lipinski definition) is 0. The minimum atomic E-state index is -0.770. The molecule has 0 aromatic heterocycles. The van der Waals surface area contributed by atoms with E-state index in [1.807, 2.05) is 0 Å². The van der Waals surface area contributed by atoms with Crippen LogP contribution < -0.4 is 0 Å². The normalized spacial score (nSPS) is 12.1. The molecule has 0 fully saturated rings. The Kier molecular flexibility index (Phi) is 42.9. The fourth-order valence-corrected chi connectivity index (χ4v) is 6.78. The maximum Gasteiger partial charge on any atom is 0.306 e. The lowest BCUT2D eigenvalue weighted by molar-refractivity contribution is -0.167. The van der Waals surface area contributed by atoms with Gasteiger partial charge in [0.15, 0.2) is 6.10 Å². The van der Waals surface area contributed by atoms with Gasteiger partial charge in [0.1, 0.15) is 13.2 Å². The number of rotatable bonds is 43. The van der Waals surface area contributed by atoms with Crippen molar-refractivity contribution in [3.63, 3.8) is 0 Å². The van der Waals surface area contributed by atoms with Gasteiger partial charge in [0.2, 0.25) is 0 Å². The van der Waals surface area contributed by atoms with E-state index in [-0.39, 0.29) is 31.1 Å². The molecule has 0 saturated carbocycles. The first-order valence-corrected chi connectivity index (χ1v) is 23.8. The fourth-order valence-electron chi connectivity index (χ4n) is 6.78. The molecule has 0 amide bonds. The minimum absolute atomic E-state index is 0.0760. The molecular formula is C49H90O6. The lowest BCUT2D eigenvalue weighted by Gasteiger charge is -2.18. The largest absolute Gasteiger partial charge is 0.462 e. The molecular weight excluding hydrogens is 685 g/mol. The Balaban J connectivity index is 4.26. The number of allylic oxidation sites excluding steroid dienone is 4. The van der Waals surface area contributed by atoms with Crippen molar-refractivity contribution < 1.29 is 28.6 Å². The van der Waals surface area contributed by atoms with Gasteiger partial charge < -0.3 is 14.2 Å². The third kappa shape index (κ3) is 42.9. The summed E-state index contributed by atoms with van der Waals surface area (Å²) in [5.74, 6) is -0.893. The topological polar surface area (TPSA) is 78.9 Å². The van der Waals surface area contributed by atoms with Gasteiger partial charge in [-0.2, -0.15) is 0 Å². The van der Waals surface area contributed by atoms with Gasteiger partial charge in [-0.05, 0) is 70.6 Å². The molecule has 0 aliphatic carbocycles. The van der Waals surface area contributed by atoms with Gasteiger partial charge in [0.05, 0.1) is 0 Å². The lowest BCUT2D eigenvalue weighted by Crippen LogP contribution is -2.30. The van der Waals surface area contributed by atoms with Crippen molar-refractivity contribution in [2.75, 3.05) is 13.2 Å². The summed E-state index contributed by atoms with van der Waals surface area (Å²) in [6.07, 6.45) is 48.8. The SMILES string of the molecule is CCCCCCCCC=CCCCCCCCC(=O)OCC(COC(=O)CCCCCCCC=CCCCCCCCC)OC(=O)CCCCCCCCC. The number of esters is 3. The number of unbranched alkanes of at least 4 members (excludes halogenated alkanes) is 28. The molecule has 55 heavy (non-hydrogen) atoms. The highest BCUT2D eigenvalue weighted by molar-refractivity contribution is 5.71. The predicted octanol–water partition coefficient (Wildman–Crippen LogP) is 15.2. The van der Waals surface area contributed by atoms with E-state index in [2.05, 4.69) is 45.1 Å². The average molecular weight is 775 g/mol. The molecule has 0 bridgehead atoms. The molecule has 0 atom stereocenters. The maximum atomic E-state index is 12.6. The molecule has 0 N–H and O–H groups in total. The van der Waals surface area contributed by atoms with Crippen molar-refractivity contribution in [1.82, 2.24) is 0 Å². The second kappa shape index (κ2) is 44.6. The van der Waals surface area contributed by atoms with E-state index in [9.17, 15) is 14.4 Å². The number of hydrogen-bond acceptors (Lipinski definition) is 6. The van der Waals surface area contributed by atoms with E-state index in [1.165, 1.54) is 141 Å². The first-order valence-electron chi connectivity index (χ1n) is 23.8.